The third-order valence-electron chi connectivity index (χ3n) is 4.78. The second-order valence-corrected chi connectivity index (χ2v) is 8.31. The molecule has 1 aliphatic rings. The number of rotatable bonds is 5. The van der Waals surface area contributed by atoms with E-state index in [4.69, 9.17) is 0 Å². The third kappa shape index (κ3) is 4.29. The van der Waals surface area contributed by atoms with Gasteiger partial charge >= 0.3 is 0 Å². The Morgan fingerprint density at radius 2 is 2.15 bits per heavy atom. The van der Waals surface area contributed by atoms with Gasteiger partial charge in [0, 0.05) is 24.0 Å². The van der Waals surface area contributed by atoms with Crippen molar-refractivity contribution in [3.05, 3.63) is 16.6 Å². The molecule has 1 aliphatic carbocycles. The highest BCUT2D eigenvalue weighted by Gasteiger charge is 2.35. The summed E-state index contributed by atoms with van der Waals surface area (Å²) in [7, 11) is 0. The largest absolute Gasteiger partial charge is 0.314 e. The van der Waals surface area contributed by atoms with Gasteiger partial charge in [-0.1, -0.05) is 27.7 Å². The first-order chi connectivity index (χ1) is 9.50. The number of thiazole rings is 1. The molecular formula is C17H30N2S. The van der Waals surface area contributed by atoms with Crippen LogP contribution in [0.4, 0.5) is 0 Å². The van der Waals surface area contributed by atoms with E-state index >= 15 is 0 Å². The van der Waals surface area contributed by atoms with Crippen molar-refractivity contribution in [1.29, 1.82) is 0 Å². The van der Waals surface area contributed by atoms with Gasteiger partial charge in [-0.05, 0) is 49.5 Å². The molecule has 0 aliphatic heterocycles. The summed E-state index contributed by atoms with van der Waals surface area (Å²) < 4.78 is 0. The summed E-state index contributed by atoms with van der Waals surface area (Å²) in [6.07, 6.45) is 8.38. The highest BCUT2D eigenvalue weighted by Crippen LogP contribution is 2.41. The molecule has 3 atom stereocenters. The molecule has 0 saturated heterocycles. The van der Waals surface area contributed by atoms with Crippen molar-refractivity contribution in [2.75, 3.05) is 6.54 Å². The SMILES string of the molecule is CCCNC1CCC(C(C)(C)C)CC1Cc1nccs1. The molecule has 0 spiro atoms. The van der Waals surface area contributed by atoms with Gasteiger partial charge in [0.2, 0.25) is 0 Å². The quantitative estimate of drug-likeness (QED) is 0.864. The number of hydrogen-bond acceptors (Lipinski definition) is 3. The number of nitrogens with zero attached hydrogens (tertiary/aromatic N) is 1. The summed E-state index contributed by atoms with van der Waals surface area (Å²) in [6, 6.07) is 0.692. The molecule has 2 nitrogen and oxygen atoms in total. The lowest BCUT2D eigenvalue weighted by Gasteiger charge is -2.42. The lowest BCUT2D eigenvalue weighted by molar-refractivity contribution is 0.114. The summed E-state index contributed by atoms with van der Waals surface area (Å²) in [4.78, 5) is 4.50. The van der Waals surface area contributed by atoms with E-state index in [-0.39, 0.29) is 0 Å². The highest BCUT2D eigenvalue weighted by atomic mass is 32.1. The summed E-state index contributed by atoms with van der Waals surface area (Å²) in [5.41, 5.74) is 0.441. The Hall–Kier alpha value is -0.410. The molecule has 3 heteroatoms. The van der Waals surface area contributed by atoms with Crippen molar-refractivity contribution >= 4 is 11.3 Å². The molecule has 1 saturated carbocycles. The van der Waals surface area contributed by atoms with Crippen molar-refractivity contribution in [3.8, 4) is 0 Å². The zero-order chi connectivity index (χ0) is 14.6. The van der Waals surface area contributed by atoms with E-state index in [1.54, 1.807) is 0 Å². The van der Waals surface area contributed by atoms with Crippen LogP contribution in [0.2, 0.25) is 0 Å². The normalized spacial score (nSPS) is 27.7. The summed E-state index contributed by atoms with van der Waals surface area (Å²) in [6.45, 7) is 10.6. The lowest BCUT2D eigenvalue weighted by Crippen LogP contribution is -2.44. The monoisotopic (exact) mass is 294 g/mol. The van der Waals surface area contributed by atoms with Crippen LogP contribution in [0.1, 0.15) is 58.4 Å². The number of aromatic nitrogens is 1. The van der Waals surface area contributed by atoms with Crippen LogP contribution < -0.4 is 5.32 Å². The van der Waals surface area contributed by atoms with Gasteiger partial charge in [-0.25, -0.2) is 4.98 Å². The molecule has 20 heavy (non-hydrogen) atoms. The van der Waals surface area contributed by atoms with Gasteiger partial charge < -0.3 is 5.32 Å². The van der Waals surface area contributed by atoms with Crippen LogP contribution in [0.25, 0.3) is 0 Å². The van der Waals surface area contributed by atoms with Crippen molar-refractivity contribution in [3.63, 3.8) is 0 Å². The molecule has 1 fully saturated rings. The Bertz CT molecular complexity index is 380. The fraction of sp³-hybridized carbons (Fsp3) is 0.824. The van der Waals surface area contributed by atoms with Gasteiger partial charge in [-0.3, -0.25) is 0 Å². The average molecular weight is 295 g/mol. The Morgan fingerprint density at radius 3 is 2.75 bits per heavy atom. The summed E-state index contributed by atoms with van der Waals surface area (Å²) in [5, 5.41) is 7.20. The standard InChI is InChI=1S/C17H30N2S/c1-5-8-18-15-7-6-14(17(2,3)4)11-13(15)12-16-19-9-10-20-16/h9-10,13-15,18H,5-8,11-12H2,1-4H3. The number of nitrogens with one attached hydrogen (secondary N) is 1. The molecule has 1 aromatic rings. The van der Waals surface area contributed by atoms with Gasteiger partial charge in [-0.2, -0.15) is 0 Å². The molecular weight excluding hydrogens is 264 g/mol. The van der Waals surface area contributed by atoms with Crippen LogP contribution in [0.5, 0.6) is 0 Å². The maximum Gasteiger partial charge on any atom is 0.0928 e. The minimum Gasteiger partial charge on any atom is -0.314 e. The summed E-state index contributed by atoms with van der Waals surface area (Å²) in [5.74, 6) is 1.61. The van der Waals surface area contributed by atoms with Gasteiger partial charge in [0.15, 0.2) is 0 Å². The first-order valence-corrected chi connectivity index (χ1v) is 9.00. The van der Waals surface area contributed by atoms with E-state index in [0.29, 0.717) is 11.5 Å². The molecule has 0 amide bonds. The van der Waals surface area contributed by atoms with E-state index in [9.17, 15) is 0 Å². The zero-order valence-electron chi connectivity index (χ0n) is 13.5. The Morgan fingerprint density at radius 1 is 1.35 bits per heavy atom. The second-order valence-electron chi connectivity index (χ2n) is 7.33. The first kappa shape index (κ1) is 16.0. The molecule has 1 N–H and O–H groups in total. The van der Waals surface area contributed by atoms with E-state index in [2.05, 4.69) is 43.4 Å². The maximum atomic E-state index is 4.50. The summed E-state index contributed by atoms with van der Waals surface area (Å²) >= 11 is 1.81. The third-order valence-corrected chi connectivity index (χ3v) is 5.59. The molecule has 1 heterocycles. The van der Waals surface area contributed by atoms with Crippen LogP contribution >= 0.6 is 11.3 Å². The minimum atomic E-state index is 0.441. The van der Waals surface area contributed by atoms with E-state index < -0.39 is 0 Å². The van der Waals surface area contributed by atoms with Crippen molar-refractivity contribution in [2.24, 2.45) is 17.3 Å². The van der Waals surface area contributed by atoms with E-state index in [1.165, 1.54) is 30.7 Å². The Kier molecular flexibility index (Phi) is 5.62. The predicted molar refractivity (Wildman–Crippen MR) is 88.2 cm³/mol. The molecule has 0 bridgehead atoms. The van der Waals surface area contributed by atoms with Crippen molar-refractivity contribution < 1.29 is 0 Å². The second kappa shape index (κ2) is 7.04. The fourth-order valence-electron chi connectivity index (χ4n) is 3.45. The molecule has 0 radical (unpaired) electrons. The van der Waals surface area contributed by atoms with Crippen molar-refractivity contribution in [1.82, 2.24) is 10.3 Å². The number of hydrogen-bond donors (Lipinski definition) is 1. The fourth-order valence-corrected chi connectivity index (χ4v) is 4.16. The van der Waals surface area contributed by atoms with Gasteiger partial charge in [-0.15, -0.1) is 11.3 Å². The van der Waals surface area contributed by atoms with E-state index in [1.807, 2.05) is 17.5 Å². The van der Waals surface area contributed by atoms with Crippen LogP contribution in [-0.2, 0) is 6.42 Å². The van der Waals surface area contributed by atoms with E-state index in [0.717, 1.165) is 24.8 Å². The smallest absolute Gasteiger partial charge is 0.0928 e. The van der Waals surface area contributed by atoms with Gasteiger partial charge in [0.05, 0.1) is 5.01 Å². The van der Waals surface area contributed by atoms with Crippen LogP contribution in [-0.4, -0.2) is 17.6 Å². The predicted octanol–water partition coefficient (Wildman–Crippen LogP) is 4.52. The highest BCUT2D eigenvalue weighted by molar-refractivity contribution is 7.09. The first-order valence-electron chi connectivity index (χ1n) is 8.12. The molecule has 1 aromatic heterocycles. The van der Waals surface area contributed by atoms with Crippen LogP contribution in [0.3, 0.4) is 0 Å². The topological polar surface area (TPSA) is 24.9 Å². The Labute approximate surface area is 128 Å². The minimum absolute atomic E-state index is 0.441. The molecule has 114 valence electrons. The lowest BCUT2D eigenvalue weighted by atomic mass is 9.67. The Balaban J connectivity index is 2.02. The molecule has 2 rings (SSSR count). The molecule has 3 unspecified atom stereocenters. The maximum absolute atomic E-state index is 4.50. The average Bonchev–Trinajstić information content (AvgIpc) is 2.89. The van der Waals surface area contributed by atoms with Crippen LogP contribution in [0, 0.1) is 17.3 Å². The molecule has 0 aromatic carbocycles. The van der Waals surface area contributed by atoms with Crippen molar-refractivity contribution in [2.45, 2.75) is 65.8 Å². The zero-order valence-corrected chi connectivity index (χ0v) is 14.3. The van der Waals surface area contributed by atoms with Crippen LogP contribution in [0.15, 0.2) is 11.6 Å². The van der Waals surface area contributed by atoms with Gasteiger partial charge in [0.1, 0.15) is 0 Å². The van der Waals surface area contributed by atoms with Gasteiger partial charge in [0.25, 0.3) is 0 Å².